The lowest BCUT2D eigenvalue weighted by molar-refractivity contribution is 0.0986. The molecular weight excluding hydrogens is 252 g/mol. The third kappa shape index (κ3) is 3.07. The van der Waals surface area contributed by atoms with E-state index in [2.05, 4.69) is 11.9 Å². The van der Waals surface area contributed by atoms with E-state index in [-0.39, 0.29) is 5.78 Å². The molecule has 0 bridgehead atoms. The molecule has 2 aromatic rings. The maximum absolute atomic E-state index is 12.5. The quantitative estimate of drug-likeness (QED) is 0.759. The molecule has 4 nitrogen and oxygen atoms in total. The zero-order chi connectivity index (χ0) is 14.5. The van der Waals surface area contributed by atoms with Gasteiger partial charge in [0.05, 0.1) is 19.1 Å². The first-order valence-electron chi connectivity index (χ1n) is 6.83. The van der Waals surface area contributed by atoms with Crippen molar-refractivity contribution in [3.63, 3.8) is 0 Å². The van der Waals surface area contributed by atoms with Crippen molar-refractivity contribution in [2.24, 2.45) is 0 Å². The second kappa shape index (κ2) is 6.37. The normalized spacial score (nSPS) is 10.6. The van der Waals surface area contributed by atoms with E-state index in [0.29, 0.717) is 17.7 Å². The van der Waals surface area contributed by atoms with Crippen molar-refractivity contribution < 1.29 is 9.53 Å². The van der Waals surface area contributed by atoms with E-state index < -0.39 is 0 Å². The summed E-state index contributed by atoms with van der Waals surface area (Å²) in [5, 5.41) is 0. The van der Waals surface area contributed by atoms with Crippen LogP contribution in [0.15, 0.2) is 30.6 Å². The summed E-state index contributed by atoms with van der Waals surface area (Å²) in [6.45, 7) is 4.96. The molecule has 2 rings (SSSR count). The minimum absolute atomic E-state index is 0.0362. The molecule has 0 N–H and O–H groups in total. The van der Waals surface area contributed by atoms with E-state index in [1.165, 1.54) is 0 Å². The molecule has 0 spiro atoms. The number of Topliss-reactive ketones (excluding diaryl/α,β-unsaturated/α-hetero) is 1. The molecular formula is C16H20N2O2. The number of hydrogen-bond donors (Lipinski definition) is 0. The summed E-state index contributed by atoms with van der Waals surface area (Å²) in [5.74, 6) is 1.46. The van der Waals surface area contributed by atoms with E-state index >= 15 is 0 Å². The molecule has 0 aliphatic rings. The highest BCUT2D eigenvalue weighted by atomic mass is 16.5. The molecule has 1 aromatic carbocycles. The summed E-state index contributed by atoms with van der Waals surface area (Å²) in [7, 11) is 1.58. The summed E-state index contributed by atoms with van der Waals surface area (Å²) < 4.78 is 7.30. The van der Waals surface area contributed by atoms with Crippen LogP contribution < -0.4 is 4.74 Å². The van der Waals surface area contributed by atoms with Gasteiger partial charge in [0.15, 0.2) is 5.78 Å². The number of benzene rings is 1. The maximum atomic E-state index is 12.5. The van der Waals surface area contributed by atoms with Gasteiger partial charge >= 0.3 is 0 Å². The van der Waals surface area contributed by atoms with Crippen molar-refractivity contribution in [2.75, 3.05) is 7.11 Å². The Balaban J connectivity index is 2.23. The SMILES string of the molecule is CCCn1ccnc1CC(=O)c1cc(C)ccc1OC. The second-order valence-electron chi connectivity index (χ2n) is 4.84. The smallest absolute Gasteiger partial charge is 0.174 e. The average Bonchev–Trinajstić information content (AvgIpc) is 2.86. The Morgan fingerprint density at radius 3 is 2.90 bits per heavy atom. The summed E-state index contributed by atoms with van der Waals surface area (Å²) in [6, 6.07) is 5.64. The Hall–Kier alpha value is -2.10. The lowest BCUT2D eigenvalue weighted by Crippen LogP contribution is -2.11. The van der Waals surface area contributed by atoms with E-state index in [1.54, 1.807) is 13.3 Å². The summed E-state index contributed by atoms with van der Waals surface area (Å²) in [5.41, 5.74) is 1.67. The highest BCUT2D eigenvalue weighted by molar-refractivity contribution is 5.99. The van der Waals surface area contributed by atoms with Gasteiger partial charge in [-0.05, 0) is 25.5 Å². The third-order valence-corrected chi connectivity index (χ3v) is 3.24. The van der Waals surface area contributed by atoms with Crippen molar-refractivity contribution >= 4 is 5.78 Å². The third-order valence-electron chi connectivity index (χ3n) is 3.24. The highest BCUT2D eigenvalue weighted by Crippen LogP contribution is 2.21. The summed E-state index contributed by atoms with van der Waals surface area (Å²) >= 11 is 0. The fourth-order valence-electron chi connectivity index (χ4n) is 2.23. The molecule has 0 aliphatic carbocycles. The topological polar surface area (TPSA) is 44.1 Å². The van der Waals surface area contributed by atoms with Gasteiger partial charge in [0.2, 0.25) is 0 Å². The zero-order valence-corrected chi connectivity index (χ0v) is 12.2. The lowest BCUT2D eigenvalue weighted by Gasteiger charge is -2.09. The molecule has 0 atom stereocenters. The van der Waals surface area contributed by atoms with Gasteiger partial charge in [0.25, 0.3) is 0 Å². The van der Waals surface area contributed by atoms with Crippen LogP contribution in [0.25, 0.3) is 0 Å². The minimum atomic E-state index is 0.0362. The first kappa shape index (κ1) is 14.3. The molecule has 1 aromatic heterocycles. The molecule has 0 saturated carbocycles. The molecule has 1 heterocycles. The van der Waals surface area contributed by atoms with Crippen LogP contribution >= 0.6 is 0 Å². The fourth-order valence-corrected chi connectivity index (χ4v) is 2.23. The number of hydrogen-bond acceptors (Lipinski definition) is 3. The van der Waals surface area contributed by atoms with Crippen LogP contribution in [-0.2, 0) is 13.0 Å². The van der Waals surface area contributed by atoms with E-state index in [1.807, 2.05) is 35.9 Å². The number of aryl methyl sites for hydroxylation is 2. The van der Waals surface area contributed by atoms with E-state index in [0.717, 1.165) is 24.4 Å². The first-order valence-corrected chi connectivity index (χ1v) is 6.83. The number of aromatic nitrogens is 2. The standard InChI is InChI=1S/C16H20N2O2/c1-4-8-18-9-7-17-16(18)11-14(19)13-10-12(2)5-6-15(13)20-3/h5-7,9-10H,4,8,11H2,1-3H3. The van der Waals surface area contributed by atoms with Crippen molar-refractivity contribution in [2.45, 2.75) is 33.2 Å². The summed E-state index contributed by atoms with van der Waals surface area (Å²) in [6.07, 6.45) is 4.98. The Morgan fingerprint density at radius 1 is 1.40 bits per heavy atom. The van der Waals surface area contributed by atoms with Gasteiger partial charge in [0, 0.05) is 18.9 Å². The van der Waals surface area contributed by atoms with E-state index in [4.69, 9.17) is 4.74 Å². The van der Waals surface area contributed by atoms with Crippen molar-refractivity contribution in [3.8, 4) is 5.75 Å². The lowest BCUT2D eigenvalue weighted by atomic mass is 10.0. The fraction of sp³-hybridized carbons (Fsp3) is 0.375. The number of nitrogens with zero attached hydrogens (tertiary/aromatic N) is 2. The average molecular weight is 272 g/mol. The summed E-state index contributed by atoms with van der Waals surface area (Å²) in [4.78, 5) is 16.7. The van der Waals surface area contributed by atoms with Crippen LogP contribution in [-0.4, -0.2) is 22.4 Å². The molecule has 4 heteroatoms. The molecule has 0 unspecified atom stereocenters. The van der Waals surface area contributed by atoms with Crippen molar-refractivity contribution in [3.05, 3.63) is 47.5 Å². The zero-order valence-electron chi connectivity index (χ0n) is 12.2. The van der Waals surface area contributed by atoms with Crippen LogP contribution in [0.5, 0.6) is 5.75 Å². The number of carbonyl (C=O) groups excluding carboxylic acids is 1. The molecule has 0 fully saturated rings. The molecule has 0 aliphatic heterocycles. The first-order chi connectivity index (χ1) is 9.65. The molecule has 106 valence electrons. The van der Waals surface area contributed by atoms with Gasteiger partial charge in [-0.25, -0.2) is 4.98 Å². The second-order valence-corrected chi connectivity index (χ2v) is 4.84. The van der Waals surface area contributed by atoms with Gasteiger partial charge in [-0.15, -0.1) is 0 Å². The van der Waals surface area contributed by atoms with Gasteiger partial charge in [-0.2, -0.15) is 0 Å². The Morgan fingerprint density at radius 2 is 2.20 bits per heavy atom. The van der Waals surface area contributed by atoms with Gasteiger partial charge < -0.3 is 9.30 Å². The Bertz CT molecular complexity index is 602. The molecule has 0 radical (unpaired) electrons. The number of ketones is 1. The predicted octanol–water partition coefficient (Wildman–Crippen LogP) is 3.04. The monoisotopic (exact) mass is 272 g/mol. The van der Waals surface area contributed by atoms with Gasteiger partial charge in [-0.1, -0.05) is 18.6 Å². The highest BCUT2D eigenvalue weighted by Gasteiger charge is 2.15. The van der Waals surface area contributed by atoms with E-state index in [9.17, 15) is 4.79 Å². The minimum Gasteiger partial charge on any atom is -0.496 e. The largest absolute Gasteiger partial charge is 0.496 e. The molecule has 0 saturated heterocycles. The molecule has 20 heavy (non-hydrogen) atoms. The van der Waals surface area contributed by atoms with Crippen LogP contribution in [0.3, 0.4) is 0 Å². The molecule has 0 amide bonds. The van der Waals surface area contributed by atoms with Crippen molar-refractivity contribution in [1.29, 1.82) is 0 Å². The predicted molar refractivity (Wildman–Crippen MR) is 78.3 cm³/mol. The number of rotatable bonds is 6. The number of carbonyl (C=O) groups is 1. The Labute approximate surface area is 119 Å². The number of imidazole rings is 1. The van der Waals surface area contributed by atoms with Gasteiger partial charge in [0.1, 0.15) is 11.6 Å². The maximum Gasteiger partial charge on any atom is 0.174 e. The van der Waals surface area contributed by atoms with Crippen LogP contribution in [0.1, 0.15) is 35.1 Å². The van der Waals surface area contributed by atoms with Crippen molar-refractivity contribution in [1.82, 2.24) is 9.55 Å². The van der Waals surface area contributed by atoms with Crippen LogP contribution in [0, 0.1) is 6.92 Å². The van der Waals surface area contributed by atoms with Crippen LogP contribution in [0.2, 0.25) is 0 Å². The van der Waals surface area contributed by atoms with Crippen LogP contribution in [0.4, 0.5) is 0 Å². The number of methoxy groups -OCH3 is 1. The Kier molecular flexibility index (Phi) is 4.56. The number of ether oxygens (including phenoxy) is 1. The van der Waals surface area contributed by atoms with Gasteiger partial charge in [-0.3, -0.25) is 4.79 Å².